The van der Waals surface area contributed by atoms with E-state index in [-0.39, 0.29) is 0 Å². The van der Waals surface area contributed by atoms with Crippen molar-refractivity contribution in [1.29, 1.82) is 0 Å². The first-order valence-corrected chi connectivity index (χ1v) is 6.40. The summed E-state index contributed by atoms with van der Waals surface area (Å²) >= 11 is 1.73. The minimum atomic E-state index is 0.335. The van der Waals surface area contributed by atoms with E-state index in [9.17, 15) is 0 Å². The highest BCUT2D eigenvalue weighted by molar-refractivity contribution is 7.09. The summed E-state index contributed by atoms with van der Waals surface area (Å²) in [6, 6.07) is 0. The van der Waals surface area contributed by atoms with E-state index in [1.807, 2.05) is 11.6 Å². The molecule has 1 saturated heterocycles. The third kappa shape index (κ3) is 2.77. The van der Waals surface area contributed by atoms with Gasteiger partial charge < -0.3 is 10.0 Å². The Morgan fingerprint density at radius 1 is 1.73 bits per heavy atom. The Bertz CT molecular complexity index is 289. The highest BCUT2D eigenvalue weighted by Crippen LogP contribution is 2.22. The maximum atomic E-state index is 9.06. The van der Waals surface area contributed by atoms with Gasteiger partial charge in [0.2, 0.25) is 0 Å². The van der Waals surface area contributed by atoms with E-state index >= 15 is 0 Å². The summed E-state index contributed by atoms with van der Waals surface area (Å²) in [5, 5.41) is 12.3. The molecule has 84 valence electrons. The number of aromatic nitrogens is 1. The molecular weight excluding hydrogens is 208 g/mol. The SMILES string of the molecule is CC(CN1CCC(CO)C1)c1nccs1. The number of nitrogens with zero attached hydrogens (tertiary/aromatic N) is 2. The molecular formula is C11H18N2OS. The van der Waals surface area contributed by atoms with E-state index in [0.29, 0.717) is 18.4 Å². The van der Waals surface area contributed by atoms with Crippen molar-refractivity contribution in [3.05, 3.63) is 16.6 Å². The Labute approximate surface area is 94.8 Å². The van der Waals surface area contributed by atoms with Gasteiger partial charge in [-0.2, -0.15) is 0 Å². The summed E-state index contributed by atoms with van der Waals surface area (Å²) in [5.41, 5.74) is 0. The average molecular weight is 226 g/mol. The van der Waals surface area contributed by atoms with Crippen LogP contribution in [-0.2, 0) is 0 Å². The zero-order chi connectivity index (χ0) is 10.7. The van der Waals surface area contributed by atoms with Crippen LogP contribution in [0, 0.1) is 5.92 Å². The molecule has 2 unspecified atom stereocenters. The van der Waals surface area contributed by atoms with Crippen LogP contribution in [0.3, 0.4) is 0 Å². The molecule has 1 fully saturated rings. The third-order valence-corrected chi connectivity index (χ3v) is 4.04. The second kappa shape index (κ2) is 5.05. The van der Waals surface area contributed by atoms with Crippen LogP contribution in [0.5, 0.6) is 0 Å². The highest BCUT2D eigenvalue weighted by Gasteiger charge is 2.23. The lowest BCUT2D eigenvalue weighted by Gasteiger charge is -2.19. The number of aliphatic hydroxyl groups excluding tert-OH is 1. The second-order valence-corrected chi connectivity index (χ2v) is 5.29. The zero-order valence-corrected chi connectivity index (χ0v) is 9.91. The van der Waals surface area contributed by atoms with Crippen LogP contribution in [0.15, 0.2) is 11.6 Å². The molecule has 2 rings (SSSR count). The number of hydrogen-bond acceptors (Lipinski definition) is 4. The predicted octanol–water partition coefficient (Wildman–Crippen LogP) is 1.56. The van der Waals surface area contributed by atoms with Crippen molar-refractivity contribution in [2.45, 2.75) is 19.3 Å². The zero-order valence-electron chi connectivity index (χ0n) is 9.09. The largest absolute Gasteiger partial charge is 0.396 e. The molecule has 1 aromatic heterocycles. The third-order valence-electron chi connectivity index (χ3n) is 3.03. The van der Waals surface area contributed by atoms with Gasteiger partial charge in [0.15, 0.2) is 0 Å². The summed E-state index contributed by atoms with van der Waals surface area (Å²) < 4.78 is 0. The number of likely N-dealkylation sites (tertiary alicyclic amines) is 1. The number of hydrogen-bond donors (Lipinski definition) is 1. The summed E-state index contributed by atoms with van der Waals surface area (Å²) in [5.74, 6) is 1.01. The van der Waals surface area contributed by atoms with Crippen molar-refractivity contribution in [1.82, 2.24) is 9.88 Å². The van der Waals surface area contributed by atoms with E-state index in [0.717, 1.165) is 26.1 Å². The summed E-state index contributed by atoms with van der Waals surface area (Å²) in [7, 11) is 0. The molecule has 1 aromatic rings. The minimum Gasteiger partial charge on any atom is -0.396 e. The maximum Gasteiger partial charge on any atom is 0.0965 e. The molecule has 0 aliphatic carbocycles. The van der Waals surface area contributed by atoms with Crippen LogP contribution < -0.4 is 0 Å². The van der Waals surface area contributed by atoms with E-state index < -0.39 is 0 Å². The molecule has 1 N–H and O–H groups in total. The van der Waals surface area contributed by atoms with Gasteiger partial charge in [-0.1, -0.05) is 6.92 Å². The fourth-order valence-electron chi connectivity index (χ4n) is 2.17. The van der Waals surface area contributed by atoms with Crippen molar-refractivity contribution >= 4 is 11.3 Å². The van der Waals surface area contributed by atoms with Crippen LogP contribution in [0.25, 0.3) is 0 Å². The van der Waals surface area contributed by atoms with Crippen molar-refractivity contribution in [3.63, 3.8) is 0 Å². The second-order valence-electron chi connectivity index (χ2n) is 4.37. The monoisotopic (exact) mass is 226 g/mol. The van der Waals surface area contributed by atoms with Gasteiger partial charge in [0.1, 0.15) is 0 Å². The van der Waals surface area contributed by atoms with Crippen LogP contribution in [0.2, 0.25) is 0 Å². The van der Waals surface area contributed by atoms with Crippen molar-refractivity contribution in [3.8, 4) is 0 Å². The van der Waals surface area contributed by atoms with Gasteiger partial charge in [0.25, 0.3) is 0 Å². The molecule has 2 atom stereocenters. The van der Waals surface area contributed by atoms with Crippen LogP contribution in [0.4, 0.5) is 0 Å². The molecule has 0 spiro atoms. The number of thiazole rings is 1. The quantitative estimate of drug-likeness (QED) is 0.846. The van der Waals surface area contributed by atoms with E-state index in [4.69, 9.17) is 5.11 Å². The minimum absolute atomic E-state index is 0.335. The Morgan fingerprint density at radius 3 is 3.20 bits per heavy atom. The van der Waals surface area contributed by atoms with Gasteiger partial charge in [-0.05, 0) is 18.9 Å². The Kier molecular flexibility index (Phi) is 3.72. The fraction of sp³-hybridized carbons (Fsp3) is 0.727. The summed E-state index contributed by atoms with van der Waals surface area (Å²) in [6.07, 6.45) is 3.01. The Morgan fingerprint density at radius 2 is 2.60 bits per heavy atom. The number of rotatable bonds is 4. The van der Waals surface area contributed by atoms with Crippen LogP contribution in [0.1, 0.15) is 24.3 Å². The predicted molar refractivity (Wildman–Crippen MR) is 62.2 cm³/mol. The van der Waals surface area contributed by atoms with Gasteiger partial charge in [-0.15, -0.1) is 11.3 Å². The molecule has 0 radical (unpaired) electrons. The lowest BCUT2D eigenvalue weighted by atomic mass is 10.1. The molecule has 15 heavy (non-hydrogen) atoms. The highest BCUT2D eigenvalue weighted by atomic mass is 32.1. The molecule has 0 bridgehead atoms. The molecule has 2 heterocycles. The fourth-order valence-corrected chi connectivity index (χ4v) is 2.86. The van der Waals surface area contributed by atoms with Gasteiger partial charge in [-0.25, -0.2) is 4.98 Å². The van der Waals surface area contributed by atoms with Crippen LogP contribution >= 0.6 is 11.3 Å². The summed E-state index contributed by atoms with van der Waals surface area (Å²) in [4.78, 5) is 6.78. The van der Waals surface area contributed by atoms with Crippen molar-refractivity contribution in [2.24, 2.45) is 5.92 Å². The van der Waals surface area contributed by atoms with E-state index in [2.05, 4.69) is 16.8 Å². The van der Waals surface area contributed by atoms with Gasteiger partial charge in [-0.3, -0.25) is 0 Å². The lowest BCUT2D eigenvalue weighted by molar-refractivity contribution is 0.219. The molecule has 0 saturated carbocycles. The Balaban J connectivity index is 1.83. The molecule has 1 aliphatic rings. The lowest BCUT2D eigenvalue weighted by Crippen LogP contribution is -2.26. The first-order chi connectivity index (χ1) is 7.29. The average Bonchev–Trinajstić information content (AvgIpc) is 2.87. The first kappa shape index (κ1) is 11.0. The molecule has 3 nitrogen and oxygen atoms in total. The van der Waals surface area contributed by atoms with Crippen molar-refractivity contribution < 1.29 is 5.11 Å². The normalized spacial score (nSPS) is 24.5. The Hall–Kier alpha value is -0.450. The molecule has 0 amide bonds. The maximum absolute atomic E-state index is 9.06. The molecule has 4 heteroatoms. The van der Waals surface area contributed by atoms with Gasteiger partial charge in [0.05, 0.1) is 5.01 Å². The van der Waals surface area contributed by atoms with E-state index in [1.54, 1.807) is 11.3 Å². The summed E-state index contributed by atoms with van der Waals surface area (Å²) in [6.45, 7) is 5.81. The van der Waals surface area contributed by atoms with E-state index in [1.165, 1.54) is 5.01 Å². The number of aliphatic hydroxyl groups is 1. The standard InChI is InChI=1S/C11H18N2OS/c1-9(11-12-3-5-15-11)6-13-4-2-10(7-13)8-14/h3,5,9-10,14H,2,4,6-8H2,1H3. The molecule has 0 aromatic carbocycles. The topological polar surface area (TPSA) is 36.4 Å². The first-order valence-electron chi connectivity index (χ1n) is 5.52. The smallest absolute Gasteiger partial charge is 0.0965 e. The van der Waals surface area contributed by atoms with Crippen LogP contribution in [-0.4, -0.2) is 41.2 Å². The van der Waals surface area contributed by atoms with Crippen molar-refractivity contribution in [2.75, 3.05) is 26.2 Å². The van der Waals surface area contributed by atoms with Gasteiger partial charge in [0, 0.05) is 37.2 Å². The molecule has 1 aliphatic heterocycles. The van der Waals surface area contributed by atoms with Gasteiger partial charge >= 0.3 is 0 Å².